The summed E-state index contributed by atoms with van der Waals surface area (Å²) in [6.07, 6.45) is 2.20. The number of benzene rings is 1. The molecule has 0 aromatic heterocycles. The molecule has 13 heavy (non-hydrogen) atoms. The summed E-state index contributed by atoms with van der Waals surface area (Å²) in [5.74, 6) is 0. The second kappa shape index (κ2) is 4.04. The largest absolute Gasteiger partial charge is 0.346 e. The Morgan fingerprint density at radius 2 is 1.92 bits per heavy atom. The van der Waals surface area contributed by atoms with Crippen molar-refractivity contribution in [2.45, 2.75) is 0 Å². The van der Waals surface area contributed by atoms with Gasteiger partial charge in [-0.05, 0) is 12.1 Å². The van der Waals surface area contributed by atoms with Crippen LogP contribution in [-0.4, -0.2) is 21.0 Å². The van der Waals surface area contributed by atoms with E-state index in [9.17, 15) is 8.42 Å². The zero-order valence-electron chi connectivity index (χ0n) is 7.14. The molecule has 0 aliphatic rings. The SMILES string of the molecule is CS(=O)(=O)/N=C/Nc1ccccc1. The van der Waals surface area contributed by atoms with Crippen molar-refractivity contribution in [2.75, 3.05) is 11.6 Å². The van der Waals surface area contributed by atoms with Crippen molar-refractivity contribution < 1.29 is 8.42 Å². The zero-order chi connectivity index (χ0) is 9.73. The van der Waals surface area contributed by atoms with Crippen LogP contribution in [0.4, 0.5) is 5.69 Å². The highest BCUT2D eigenvalue weighted by atomic mass is 32.2. The minimum atomic E-state index is -3.29. The molecule has 0 aliphatic heterocycles. The van der Waals surface area contributed by atoms with Crippen molar-refractivity contribution in [3.05, 3.63) is 30.3 Å². The zero-order valence-corrected chi connectivity index (χ0v) is 7.95. The molecule has 1 N–H and O–H groups in total. The Kier molecular flexibility index (Phi) is 3.02. The molecule has 5 heteroatoms. The molecule has 1 aromatic rings. The van der Waals surface area contributed by atoms with Crippen LogP contribution in [0.15, 0.2) is 34.7 Å². The average molecular weight is 198 g/mol. The van der Waals surface area contributed by atoms with Crippen LogP contribution in [0.25, 0.3) is 0 Å². The van der Waals surface area contributed by atoms with E-state index in [1.54, 1.807) is 0 Å². The summed E-state index contributed by atoms with van der Waals surface area (Å²) in [7, 11) is -3.29. The Morgan fingerprint density at radius 3 is 2.46 bits per heavy atom. The van der Waals surface area contributed by atoms with E-state index in [4.69, 9.17) is 0 Å². The molecule has 0 spiro atoms. The first-order valence-electron chi connectivity index (χ1n) is 3.63. The number of hydrogen-bond donors (Lipinski definition) is 1. The molecule has 0 fully saturated rings. The Hall–Kier alpha value is -1.36. The average Bonchev–Trinajstić information content (AvgIpc) is 2.04. The normalized spacial score (nSPS) is 11.8. The smallest absolute Gasteiger partial charge is 0.251 e. The molecule has 0 bridgehead atoms. The molecule has 0 saturated heterocycles. The van der Waals surface area contributed by atoms with Gasteiger partial charge in [-0.3, -0.25) is 0 Å². The number of anilines is 1. The maximum Gasteiger partial charge on any atom is 0.251 e. The van der Waals surface area contributed by atoms with E-state index < -0.39 is 10.0 Å². The maximum absolute atomic E-state index is 10.6. The molecule has 0 heterocycles. The fourth-order valence-electron chi connectivity index (χ4n) is 0.731. The molecule has 0 atom stereocenters. The molecule has 1 rings (SSSR count). The molecule has 0 unspecified atom stereocenters. The van der Waals surface area contributed by atoms with Gasteiger partial charge in [-0.25, -0.2) is 8.42 Å². The van der Waals surface area contributed by atoms with E-state index >= 15 is 0 Å². The lowest BCUT2D eigenvalue weighted by molar-refractivity contribution is 0.604. The van der Waals surface area contributed by atoms with E-state index in [1.165, 1.54) is 0 Å². The predicted molar refractivity (Wildman–Crippen MR) is 53.4 cm³/mol. The highest BCUT2D eigenvalue weighted by molar-refractivity contribution is 7.89. The van der Waals surface area contributed by atoms with Crippen molar-refractivity contribution >= 4 is 22.0 Å². The Morgan fingerprint density at radius 1 is 1.31 bits per heavy atom. The number of rotatable bonds is 3. The Labute approximate surface area is 77.4 Å². The van der Waals surface area contributed by atoms with Crippen molar-refractivity contribution in [3.63, 3.8) is 0 Å². The van der Waals surface area contributed by atoms with Crippen molar-refractivity contribution in [2.24, 2.45) is 4.40 Å². The van der Waals surface area contributed by atoms with Crippen molar-refractivity contribution in [1.29, 1.82) is 0 Å². The van der Waals surface area contributed by atoms with Crippen LogP contribution in [0.2, 0.25) is 0 Å². The van der Waals surface area contributed by atoms with E-state index in [0.717, 1.165) is 18.3 Å². The van der Waals surface area contributed by atoms with Gasteiger partial charge in [0.2, 0.25) is 0 Å². The van der Waals surface area contributed by atoms with E-state index in [2.05, 4.69) is 9.71 Å². The molecule has 1 aromatic carbocycles. The number of para-hydroxylation sites is 1. The van der Waals surface area contributed by atoms with Crippen molar-refractivity contribution in [1.82, 2.24) is 0 Å². The Bertz CT molecular complexity index is 384. The highest BCUT2D eigenvalue weighted by Crippen LogP contribution is 2.02. The van der Waals surface area contributed by atoms with Crippen LogP contribution in [0, 0.1) is 0 Å². The van der Waals surface area contributed by atoms with Crippen molar-refractivity contribution in [3.8, 4) is 0 Å². The van der Waals surface area contributed by atoms with Gasteiger partial charge in [0, 0.05) is 5.69 Å². The van der Waals surface area contributed by atoms with Gasteiger partial charge in [0.05, 0.1) is 6.26 Å². The second-order valence-corrected chi connectivity index (χ2v) is 4.15. The molecule has 70 valence electrons. The van der Waals surface area contributed by atoms with Gasteiger partial charge in [0.15, 0.2) is 0 Å². The summed E-state index contributed by atoms with van der Waals surface area (Å²) < 4.78 is 24.5. The minimum Gasteiger partial charge on any atom is -0.346 e. The third-order valence-electron chi connectivity index (χ3n) is 1.25. The van der Waals surface area contributed by atoms with Gasteiger partial charge in [0.25, 0.3) is 10.0 Å². The lowest BCUT2D eigenvalue weighted by atomic mass is 10.3. The standard InChI is InChI=1S/C8H10N2O2S/c1-13(11,12)10-7-9-8-5-3-2-4-6-8/h2-7H,1H3,(H,9,10). The summed E-state index contributed by atoms with van der Waals surface area (Å²) in [5.41, 5.74) is 0.801. The highest BCUT2D eigenvalue weighted by Gasteiger charge is 1.92. The third kappa shape index (κ3) is 4.27. The van der Waals surface area contributed by atoms with Crippen LogP contribution in [0.1, 0.15) is 0 Å². The van der Waals surface area contributed by atoms with Gasteiger partial charge in [0.1, 0.15) is 6.34 Å². The van der Waals surface area contributed by atoms with Gasteiger partial charge in [-0.15, -0.1) is 0 Å². The summed E-state index contributed by atoms with van der Waals surface area (Å²) in [6.45, 7) is 0. The van der Waals surface area contributed by atoms with Gasteiger partial charge >= 0.3 is 0 Å². The van der Waals surface area contributed by atoms with Crippen LogP contribution < -0.4 is 5.32 Å². The van der Waals surface area contributed by atoms with E-state index in [0.29, 0.717) is 0 Å². The first kappa shape index (κ1) is 9.73. The van der Waals surface area contributed by atoms with Crippen LogP contribution >= 0.6 is 0 Å². The quantitative estimate of drug-likeness (QED) is 0.584. The summed E-state index contributed by atoms with van der Waals surface area (Å²) >= 11 is 0. The fourth-order valence-corrected chi connectivity index (χ4v) is 0.975. The minimum absolute atomic E-state index is 0.801. The van der Waals surface area contributed by atoms with Gasteiger partial charge in [-0.1, -0.05) is 18.2 Å². The monoisotopic (exact) mass is 198 g/mol. The second-order valence-electron chi connectivity index (χ2n) is 2.48. The van der Waals surface area contributed by atoms with Crippen LogP contribution in [-0.2, 0) is 10.0 Å². The summed E-state index contributed by atoms with van der Waals surface area (Å²) in [6, 6.07) is 9.19. The first-order chi connectivity index (χ1) is 6.08. The number of sulfonamides is 1. The van der Waals surface area contributed by atoms with Crippen LogP contribution in [0.3, 0.4) is 0 Å². The lowest BCUT2D eigenvalue weighted by Crippen LogP contribution is -1.98. The number of nitrogens with zero attached hydrogens (tertiary/aromatic N) is 1. The molecule has 0 radical (unpaired) electrons. The summed E-state index contributed by atoms with van der Waals surface area (Å²) in [5, 5.41) is 2.73. The molecular weight excluding hydrogens is 188 g/mol. The lowest BCUT2D eigenvalue weighted by Gasteiger charge is -1.96. The summed E-state index contributed by atoms with van der Waals surface area (Å²) in [4.78, 5) is 0. The number of nitrogens with one attached hydrogen (secondary N) is 1. The van der Waals surface area contributed by atoms with E-state index in [-0.39, 0.29) is 0 Å². The third-order valence-corrected chi connectivity index (χ3v) is 1.74. The fraction of sp³-hybridized carbons (Fsp3) is 0.125. The molecule has 0 saturated carbocycles. The molecule has 4 nitrogen and oxygen atoms in total. The maximum atomic E-state index is 10.6. The molecular formula is C8H10N2O2S. The first-order valence-corrected chi connectivity index (χ1v) is 5.48. The molecule has 0 amide bonds. The topological polar surface area (TPSA) is 58.5 Å². The van der Waals surface area contributed by atoms with E-state index in [1.807, 2.05) is 30.3 Å². The molecule has 0 aliphatic carbocycles. The van der Waals surface area contributed by atoms with Crippen LogP contribution in [0.5, 0.6) is 0 Å². The number of hydrogen-bond acceptors (Lipinski definition) is 2. The Balaban J connectivity index is 2.59. The van der Waals surface area contributed by atoms with Gasteiger partial charge in [-0.2, -0.15) is 4.40 Å². The predicted octanol–water partition coefficient (Wildman–Crippen LogP) is 1.09. The van der Waals surface area contributed by atoms with Gasteiger partial charge < -0.3 is 5.32 Å².